The molecule has 10 heteroatoms. The largest absolute Gasteiger partial charge is 0.491 e. The fourth-order valence-corrected chi connectivity index (χ4v) is 5.50. The van der Waals surface area contributed by atoms with Crippen molar-refractivity contribution in [1.29, 1.82) is 0 Å². The van der Waals surface area contributed by atoms with Crippen molar-refractivity contribution in [3.63, 3.8) is 0 Å². The Morgan fingerprint density at radius 1 is 1.14 bits per heavy atom. The highest BCUT2D eigenvalue weighted by Gasteiger charge is 2.33. The third kappa shape index (κ3) is 7.10. The summed E-state index contributed by atoms with van der Waals surface area (Å²) in [6.07, 6.45) is 5.94. The lowest BCUT2D eigenvalue weighted by Gasteiger charge is -2.38. The molecule has 0 aromatic heterocycles. The van der Waals surface area contributed by atoms with Crippen LogP contribution in [0.2, 0.25) is 0 Å². The SMILES string of the molecule is CO[C@H]1CN(C)C(=O)c2ccc(NS(C)(=O)=O)cc2OC[C@@H](C)N(C(=O)C2CCCCC2)C[C@@H]1C. The molecule has 1 aromatic carbocycles. The molecule has 0 saturated heterocycles. The summed E-state index contributed by atoms with van der Waals surface area (Å²) in [4.78, 5) is 30.3. The zero-order valence-electron chi connectivity index (χ0n) is 21.5. The number of likely N-dealkylation sites (N-methyl/N-ethyl adjacent to an activating group) is 1. The lowest BCUT2D eigenvalue weighted by Crippen LogP contribution is -2.50. The molecule has 0 bridgehead atoms. The van der Waals surface area contributed by atoms with Crippen molar-refractivity contribution >= 4 is 27.5 Å². The summed E-state index contributed by atoms with van der Waals surface area (Å²) in [6.45, 7) is 5.02. The van der Waals surface area contributed by atoms with Gasteiger partial charge in [0.2, 0.25) is 15.9 Å². The van der Waals surface area contributed by atoms with Crippen molar-refractivity contribution in [2.24, 2.45) is 11.8 Å². The maximum atomic E-state index is 13.6. The van der Waals surface area contributed by atoms with E-state index in [1.807, 2.05) is 18.7 Å². The summed E-state index contributed by atoms with van der Waals surface area (Å²) in [6, 6.07) is 4.38. The first-order valence-electron chi connectivity index (χ1n) is 12.3. The monoisotopic (exact) mass is 509 g/mol. The van der Waals surface area contributed by atoms with Crippen molar-refractivity contribution < 1.29 is 27.5 Å². The average molecular weight is 510 g/mol. The summed E-state index contributed by atoms with van der Waals surface area (Å²) in [5.41, 5.74) is 0.631. The van der Waals surface area contributed by atoms with Gasteiger partial charge >= 0.3 is 0 Å². The van der Waals surface area contributed by atoms with E-state index in [1.165, 1.54) is 12.5 Å². The van der Waals surface area contributed by atoms with Crippen molar-refractivity contribution in [2.75, 3.05) is 44.8 Å². The second kappa shape index (κ2) is 11.6. The van der Waals surface area contributed by atoms with Gasteiger partial charge < -0.3 is 19.3 Å². The molecular formula is C25H39N3O6S. The van der Waals surface area contributed by atoms with Crippen LogP contribution in [0.5, 0.6) is 5.75 Å². The van der Waals surface area contributed by atoms with E-state index in [1.54, 1.807) is 31.2 Å². The Morgan fingerprint density at radius 3 is 2.46 bits per heavy atom. The number of nitrogens with one attached hydrogen (secondary N) is 1. The Labute approximate surface area is 209 Å². The molecule has 1 aromatic rings. The molecule has 1 heterocycles. The first kappa shape index (κ1) is 27.3. The molecule has 35 heavy (non-hydrogen) atoms. The van der Waals surface area contributed by atoms with Crippen molar-refractivity contribution in [2.45, 2.75) is 58.1 Å². The zero-order valence-corrected chi connectivity index (χ0v) is 22.3. The van der Waals surface area contributed by atoms with Crippen LogP contribution in [-0.4, -0.2) is 82.3 Å². The predicted octanol–water partition coefficient (Wildman–Crippen LogP) is 2.97. The summed E-state index contributed by atoms with van der Waals surface area (Å²) in [7, 11) is -0.170. The summed E-state index contributed by atoms with van der Waals surface area (Å²) < 4.78 is 37.7. The van der Waals surface area contributed by atoms with Gasteiger partial charge in [0.1, 0.15) is 12.4 Å². The number of benzene rings is 1. The third-order valence-corrected chi connectivity index (χ3v) is 7.59. The summed E-state index contributed by atoms with van der Waals surface area (Å²) in [5.74, 6) is 0.204. The van der Waals surface area contributed by atoms with Crippen LogP contribution in [0.1, 0.15) is 56.3 Å². The summed E-state index contributed by atoms with van der Waals surface area (Å²) >= 11 is 0. The molecule has 0 unspecified atom stereocenters. The van der Waals surface area contributed by atoms with Crippen LogP contribution in [-0.2, 0) is 19.6 Å². The van der Waals surface area contributed by atoms with E-state index >= 15 is 0 Å². The standard InChI is InChI=1S/C25H39N3O6S/c1-17-14-28(24(29)19-9-7-6-8-10-19)18(2)16-34-22-13-20(26-35(5,31)32)11-12-21(22)25(30)27(3)15-23(17)33-4/h11-13,17-19,23,26H,6-10,14-16H2,1-5H3/t17-,18+,23-/m0/s1. The van der Waals surface area contributed by atoms with Crippen molar-refractivity contribution in [1.82, 2.24) is 9.80 Å². The van der Waals surface area contributed by atoms with Crippen LogP contribution in [0.4, 0.5) is 5.69 Å². The fraction of sp³-hybridized carbons (Fsp3) is 0.680. The Hall–Kier alpha value is -2.33. The van der Waals surface area contributed by atoms with Gasteiger partial charge in [-0.25, -0.2) is 8.42 Å². The molecular weight excluding hydrogens is 470 g/mol. The van der Waals surface area contributed by atoms with E-state index in [2.05, 4.69) is 4.72 Å². The smallest absolute Gasteiger partial charge is 0.257 e. The molecule has 1 saturated carbocycles. The number of rotatable bonds is 4. The lowest BCUT2D eigenvalue weighted by molar-refractivity contribution is -0.141. The number of sulfonamides is 1. The van der Waals surface area contributed by atoms with Crippen molar-refractivity contribution in [3.8, 4) is 5.75 Å². The molecule has 1 aliphatic heterocycles. The van der Waals surface area contributed by atoms with Gasteiger partial charge in [-0.05, 0) is 31.9 Å². The van der Waals surface area contributed by atoms with E-state index in [0.29, 0.717) is 24.3 Å². The number of amides is 2. The average Bonchev–Trinajstić information content (AvgIpc) is 2.82. The van der Waals surface area contributed by atoms with Crippen LogP contribution in [0, 0.1) is 11.8 Å². The number of anilines is 1. The molecule has 2 aliphatic rings. The fourth-order valence-electron chi connectivity index (χ4n) is 4.94. The Bertz CT molecular complexity index is 1010. The van der Waals surface area contributed by atoms with E-state index in [9.17, 15) is 18.0 Å². The van der Waals surface area contributed by atoms with Crippen LogP contribution >= 0.6 is 0 Å². The third-order valence-electron chi connectivity index (χ3n) is 6.99. The topological polar surface area (TPSA) is 105 Å². The van der Waals surface area contributed by atoms with Crippen LogP contribution in [0.25, 0.3) is 0 Å². The van der Waals surface area contributed by atoms with Gasteiger partial charge in [0.15, 0.2) is 0 Å². The molecule has 0 radical (unpaired) electrons. The molecule has 1 fully saturated rings. The van der Waals surface area contributed by atoms with E-state index < -0.39 is 10.0 Å². The molecule has 9 nitrogen and oxygen atoms in total. The molecule has 196 valence electrons. The second-order valence-electron chi connectivity index (χ2n) is 10.0. The Balaban J connectivity index is 1.96. The minimum Gasteiger partial charge on any atom is -0.491 e. The van der Waals surface area contributed by atoms with E-state index in [0.717, 1.165) is 31.9 Å². The van der Waals surface area contributed by atoms with Crippen molar-refractivity contribution in [3.05, 3.63) is 23.8 Å². The number of nitrogens with zero attached hydrogens (tertiary/aromatic N) is 2. The second-order valence-corrected chi connectivity index (χ2v) is 11.8. The molecule has 2 amide bonds. The molecule has 1 aliphatic carbocycles. The van der Waals surface area contributed by atoms with Gasteiger partial charge in [-0.2, -0.15) is 0 Å². The number of hydrogen-bond donors (Lipinski definition) is 1. The maximum absolute atomic E-state index is 13.6. The number of ether oxygens (including phenoxy) is 2. The highest BCUT2D eigenvalue weighted by Crippen LogP contribution is 2.29. The minimum atomic E-state index is -3.50. The highest BCUT2D eigenvalue weighted by molar-refractivity contribution is 7.92. The molecule has 3 atom stereocenters. The number of fused-ring (bicyclic) bond motifs is 1. The van der Waals surface area contributed by atoms with Gasteiger partial charge in [-0.1, -0.05) is 26.2 Å². The Kier molecular flexibility index (Phi) is 9.04. The number of carbonyl (C=O) groups excluding carboxylic acids is 2. The first-order chi connectivity index (χ1) is 16.5. The normalized spacial score (nSPS) is 25.2. The zero-order chi connectivity index (χ0) is 25.8. The van der Waals surface area contributed by atoms with Gasteiger partial charge in [0, 0.05) is 45.1 Å². The van der Waals surface area contributed by atoms with Gasteiger partial charge in [0.25, 0.3) is 5.91 Å². The number of carbonyl (C=O) groups is 2. The van der Waals surface area contributed by atoms with E-state index in [-0.39, 0.29) is 48.2 Å². The van der Waals surface area contributed by atoms with Crippen LogP contribution in [0.15, 0.2) is 18.2 Å². The van der Waals surface area contributed by atoms with Crippen LogP contribution in [0.3, 0.4) is 0 Å². The number of methoxy groups -OCH3 is 1. The molecule has 1 N–H and O–H groups in total. The van der Waals surface area contributed by atoms with Gasteiger partial charge in [0.05, 0.1) is 29.7 Å². The van der Waals surface area contributed by atoms with E-state index in [4.69, 9.17) is 9.47 Å². The van der Waals surface area contributed by atoms with Gasteiger partial charge in [-0.15, -0.1) is 0 Å². The van der Waals surface area contributed by atoms with Gasteiger partial charge in [-0.3, -0.25) is 14.3 Å². The number of hydrogen-bond acceptors (Lipinski definition) is 6. The highest BCUT2D eigenvalue weighted by atomic mass is 32.2. The maximum Gasteiger partial charge on any atom is 0.257 e. The molecule has 3 rings (SSSR count). The first-order valence-corrected chi connectivity index (χ1v) is 14.2. The lowest BCUT2D eigenvalue weighted by atomic mass is 9.87. The Morgan fingerprint density at radius 2 is 1.83 bits per heavy atom. The van der Waals surface area contributed by atoms with Crippen LogP contribution < -0.4 is 9.46 Å². The summed E-state index contributed by atoms with van der Waals surface area (Å²) in [5, 5.41) is 0. The quantitative estimate of drug-likeness (QED) is 0.669. The molecule has 0 spiro atoms. The minimum absolute atomic E-state index is 0.00507. The predicted molar refractivity (Wildman–Crippen MR) is 135 cm³/mol.